The third-order valence-corrected chi connectivity index (χ3v) is 3.62. The monoisotopic (exact) mass is 285 g/mol. The van der Waals surface area contributed by atoms with Crippen LogP contribution < -0.4 is 5.73 Å². The van der Waals surface area contributed by atoms with E-state index in [0.29, 0.717) is 11.6 Å². The lowest BCUT2D eigenvalue weighted by atomic mass is 10.1. The molecule has 0 aliphatic heterocycles. The molecule has 2 aromatic rings. The average molecular weight is 285 g/mol. The lowest BCUT2D eigenvalue weighted by Crippen LogP contribution is -2.10. The Kier molecular flexibility index (Phi) is 4.88. The molecule has 0 spiro atoms. The maximum absolute atomic E-state index is 5.93. The number of ether oxygens (including phenoxy) is 1. The maximum atomic E-state index is 5.93. The molecule has 2 nitrogen and oxygen atoms in total. The van der Waals surface area contributed by atoms with Gasteiger partial charge < -0.3 is 10.5 Å². The van der Waals surface area contributed by atoms with Gasteiger partial charge in [0.05, 0.1) is 12.7 Å². The Hall–Kier alpha value is -1.71. The van der Waals surface area contributed by atoms with Crippen molar-refractivity contribution in [3.8, 4) is 0 Å². The van der Waals surface area contributed by atoms with Gasteiger partial charge in [0.1, 0.15) is 4.99 Å². The molecule has 0 radical (unpaired) electrons. The zero-order chi connectivity index (χ0) is 14.5. The number of hydrogen-bond donors (Lipinski definition) is 1. The van der Waals surface area contributed by atoms with Gasteiger partial charge in [-0.1, -0.05) is 54.7 Å². The number of rotatable bonds is 5. The molecule has 2 N–H and O–H groups in total. The molecule has 0 aromatic heterocycles. The smallest absolute Gasteiger partial charge is 0.103 e. The Morgan fingerprint density at radius 2 is 1.90 bits per heavy atom. The quantitative estimate of drug-likeness (QED) is 0.846. The Balaban J connectivity index is 2.02. The summed E-state index contributed by atoms with van der Waals surface area (Å²) in [5, 5.41) is 0. The number of hydrogen-bond acceptors (Lipinski definition) is 2. The first kappa shape index (κ1) is 14.7. The van der Waals surface area contributed by atoms with E-state index < -0.39 is 0 Å². The number of benzene rings is 2. The second-order valence-electron chi connectivity index (χ2n) is 4.87. The molecule has 2 aromatic carbocycles. The van der Waals surface area contributed by atoms with E-state index in [0.717, 1.165) is 16.7 Å². The SMILES string of the molecule is Cc1cc(C(N)=S)ccc1COC(C)c1ccccc1. The highest BCUT2D eigenvalue weighted by Crippen LogP contribution is 2.20. The van der Waals surface area contributed by atoms with Gasteiger partial charge in [0, 0.05) is 5.56 Å². The highest BCUT2D eigenvalue weighted by molar-refractivity contribution is 7.80. The van der Waals surface area contributed by atoms with Crippen LogP contribution in [-0.4, -0.2) is 4.99 Å². The third kappa shape index (κ3) is 3.65. The predicted octanol–water partition coefficient (Wildman–Crippen LogP) is 3.91. The van der Waals surface area contributed by atoms with Crippen molar-refractivity contribution in [2.45, 2.75) is 26.6 Å². The predicted molar refractivity (Wildman–Crippen MR) is 86.7 cm³/mol. The molecule has 0 amide bonds. The molecule has 0 fully saturated rings. The minimum atomic E-state index is 0.0749. The summed E-state index contributed by atoms with van der Waals surface area (Å²) in [5.74, 6) is 0. The van der Waals surface area contributed by atoms with E-state index in [-0.39, 0.29) is 6.10 Å². The van der Waals surface area contributed by atoms with Crippen molar-refractivity contribution >= 4 is 17.2 Å². The Morgan fingerprint density at radius 3 is 2.50 bits per heavy atom. The van der Waals surface area contributed by atoms with Gasteiger partial charge in [-0.3, -0.25) is 0 Å². The minimum Gasteiger partial charge on any atom is -0.389 e. The zero-order valence-electron chi connectivity index (χ0n) is 11.8. The van der Waals surface area contributed by atoms with Crippen LogP contribution in [0.25, 0.3) is 0 Å². The summed E-state index contributed by atoms with van der Waals surface area (Å²) in [4.78, 5) is 0.429. The van der Waals surface area contributed by atoms with E-state index in [2.05, 4.69) is 19.1 Å². The molecule has 0 heterocycles. The molecular formula is C17H19NOS. The summed E-state index contributed by atoms with van der Waals surface area (Å²) < 4.78 is 5.93. The highest BCUT2D eigenvalue weighted by atomic mass is 32.1. The largest absolute Gasteiger partial charge is 0.389 e. The van der Waals surface area contributed by atoms with E-state index in [9.17, 15) is 0 Å². The van der Waals surface area contributed by atoms with Gasteiger partial charge in [0.25, 0.3) is 0 Å². The Labute approximate surface area is 125 Å². The number of aryl methyl sites for hydroxylation is 1. The standard InChI is InChI=1S/C17H19NOS/c1-12-10-15(17(18)20)8-9-16(12)11-19-13(2)14-6-4-3-5-7-14/h3-10,13H,11H2,1-2H3,(H2,18,20). The number of thiocarbonyl (C=S) groups is 1. The third-order valence-electron chi connectivity index (χ3n) is 3.38. The van der Waals surface area contributed by atoms with Gasteiger partial charge in [-0.25, -0.2) is 0 Å². The molecule has 0 aliphatic rings. The first-order valence-corrected chi connectivity index (χ1v) is 7.04. The first-order chi connectivity index (χ1) is 9.58. The van der Waals surface area contributed by atoms with Gasteiger partial charge in [-0.15, -0.1) is 0 Å². The van der Waals surface area contributed by atoms with E-state index in [1.54, 1.807) is 0 Å². The van der Waals surface area contributed by atoms with Crippen LogP contribution in [0.1, 0.15) is 35.3 Å². The normalized spacial score (nSPS) is 12.1. The van der Waals surface area contributed by atoms with Crippen LogP contribution >= 0.6 is 12.2 Å². The molecule has 0 saturated heterocycles. The Morgan fingerprint density at radius 1 is 1.20 bits per heavy atom. The minimum absolute atomic E-state index is 0.0749. The summed E-state index contributed by atoms with van der Waals surface area (Å²) in [7, 11) is 0. The van der Waals surface area contributed by atoms with Crippen molar-refractivity contribution in [3.05, 3.63) is 70.8 Å². The van der Waals surface area contributed by atoms with Crippen molar-refractivity contribution in [1.29, 1.82) is 0 Å². The molecule has 20 heavy (non-hydrogen) atoms. The lowest BCUT2D eigenvalue weighted by Gasteiger charge is -2.15. The van der Waals surface area contributed by atoms with Crippen molar-refractivity contribution in [3.63, 3.8) is 0 Å². The Bertz CT molecular complexity index is 595. The fourth-order valence-corrected chi connectivity index (χ4v) is 2.17. The average Bonchev–Trinajstić information content (AvgIpc) is 2.46. The molecule has 3 heteroatoms. The molecule has 104 valence electrons. The van der Waals surface area contributed by atoms with Crippen LogP contribution in [0.3, 0.4) is 0 Å². The van der Waals surface area contributed by atoms with Gasteiger partial charge >= 0.3 is 0 Å². The van der Waals surface area contributed by atoms with E-state index in [1.165, 1.54) is 5.56 Å². The molecule has 2 rings (SSSR count). The topological polar surface area (TPSA) is 35.2 Å². The van der Waals surface area contributed by atoms with Crippen LogP contribution in [-0.2, 0) is 11.3 Å². The number of nitrogens with two attached hydrogens (primary N) is 1. The van der Waals surface area contributed by atoms with Crippen LogP contribution in [0.2, 0.25) is 0 Å². The second-order valence-corrected chi connectivity index (χ2v) is 5.31. The van der Waals surface area contributed by atoms with Crippen LogP contribution in [0, 0.1) is 6.92 Å². The van der Waals surface area contributed by atoms with Crippen LogP contribution in [0.15, 0.2) is 48.5 Å². The second kappa shape index (κ2) is 6.64. The summed E-state index contributed by atoms with van der Waals surface area (Å²) in [5.41, 5.74) is 10.0. The molecule has 1 atom stereocenters. The van der Waals surface area contributed by atoms with Crippen molar-refractivity contribution < 1.29 is 4.74 Å². The van der Waals surface area contributed by atoms with Crippen LogP contribution in [0.4, 0.5) is 0 Å². The summed E-state index contributed by atoms with van der Waals surface area (Å²) >= 11 is 4.98. The molecule has 0 bridgehead atoms. The van der Waals surface area contributed by atoms with E-state index in [1.807, 2.05) is 43.3 Å². The fraction of sp³-hybridized carbons (Fsp3) is 0.235. The van der Waals surface area contributed by atoms with Gasteiger partial charge in [-0.05, 0) is 36.6 Å². The highest BCUT2D eigenvalue weighted by Gasteiger charge is 2.07. The van der Waals surface area contributed by atoms with E-state index >= 15 is 0 Å². The van der Waals surface area contributed by atoms with Gasteiger partial charge in [0.15, 0.2) is 0 Å². The first-order valence-electron chi connectivity index (χ1n) is 6.64. The molecule has 0 saturated carbocycles. The van der Waals surface area contributed by atoms with Crippen molar-refractivity contribution in [2.75, 3.05) is 0 Å². The molecular weight excluding hydrogens is 266 g/mol. The van der Waals surface area contributed by atoms with Crippen molar-refractivity contribution in [1.82, 2.24) is 0 Å². The summed E-state index contributed by atoms with van der Waals surface area (Å²) in [6, 6.07) is 16.2. The van der Waals surface area contributed by atoms with E-state index in [4.69, 9.17) is 22.7 Å². The van der Waals surface area contributed by atoms with Crippen molar-refractivity contribution in [2.24, 2.45) is 5.73 Å². The zero-order valence-corrected chi connectivity index (χ0v) is 12.6. The molecule has 0 aliphatic carbocycles. The van der Waals surface area contributed by atoms with Gasteiger partial charge in [-0.2, -0.15) is 0 Å². The van der Waals surface area contributed by atoms with Gasteiger partial charge in [0.2, 0.25) is 0 Å². The summed E-state index contributed by atoms with van der Waals surface area (Å²) in [6.45, 7) is 4.70. The lowest BCUT2D eigenvalue weighted by molar-refractivity contribution is 0.0523. The maximum Gasteiger partial charge on any atom is 0.103 e. The summed E-state index contributed by atoms with van der Waals surface area (Å²) in [6.07, 6.45) is 0.0749. The molecule has 1 unspecified atom stereocenters. The fourth-order valence-electron chi connectivity index (χ4n) is 2.05. The van der Waals surface area contributed by atoms with Crippen LogP contribution in [0.5, 0.6) is 0 Å².